The molecule has 2 rings (SSSR count). The average molecular weight is 295 g/mol. The molecule has 4 heteroatoms. The van der Waals surface area contributed by atoms with E-state index in [1.54, 1.807) is 19.2 Å². The molecule has 0 bridgehead atoms. The smallest absolute Gasteiger partial charge is 0.131 e. The summed E-state index contributed by atoms with van der Waals surface area (Å²) in [4.78, 5) is 0. The number of hydrogen-bond donors (Lipinski definition) is 2. The molecule has 1 aromatic rings. The van der Waals surface area contributed by atoms with Crippen molar-refractivity contribution in [3.05, 3.63) is 29.6 Å². The number of benzene rings is 1. The highest BCUT2D eigenvalue weighted by Gasteiger charge is 2.29. The molecule has 0 spiro atoms. The molecule has 0 saturated heterocycles. The van der Waals surface area contributed by atoms with Crippen LogP contribution in [0, 0.1) is 5.82 Å². The number of halogens is 1. The van der Waals surface area contributed by atoms with Crippen LogP contribution in [-0.2, 0) is 0 Å². The minimum atomic E-state index is -0.663. The monoisotopic (exact) mass is 295 g/mol. The van der Waals surface area contributed by atoms with Crippen molar-refractivity contribution in [3.8, 4) is 5.75 Å². The first-order chi connectivity index (χ1) is 10.1. The molecule has 1 aromatic carbocycles. The summed E-state index contributed by atoms with van der Waals surface area (Å²) >= 11 is 0. The van der Waals surface area contributed by atoms with E-state index in [4.69, 9.17) is 4.74 Å². The summed E-state index contributed by atoms with van der Waals surface area (Å²) in [5.41, 5.74) is -0.138. The average Bonchev–Trinajstić information content (AvgIpc) is 2.70. The van der Waals surface area contributed by atoms with Gasteiger partial charge in [-0.15, -0.1) is 0 Å². The Balaban J connectivity index is 2.03. The van der Waals surface area contributed by atoms with Crippen LogP contribution in [-0.4, -0.2) is 24.4 Å². The molecule has 1 aliphatic rings. The van der Waals surface area contributed by atoms with Gasteiger partial charge in [-0.3, -0.25) is 0 Å². The van der Waals surface area contributed by atoms with Gasteiger partial charge >= 0.3 is 0 Å². The van der Waals surface area contributed by atoms with Crippen LogP contribution in [0.4, 0.5) is 4.39 Å². The summed E-state index contributed by atoms with van der Waals surface area (Å²) in [7, 11) is 1.55. The Morgan fingerprint density at radius 1 is 1.29 bits per heavy atom. The van der Waals surface area contributed by atoms with E-state index in [-0.39, 0.29) is 11.9 Å². The Morgan fingerprint density at radius 3 is 2.57 bits per heavy atom. The maximum atomic E-state index is 14.0. The van der Waals surface area contributed by atoms with Crippen molar-refractivity contribution in [2.75, 3.05) is 13.7 Å². The number of aliphatic hydroxyl groups is 1. The second-order valence-corrected chi connectivity index (χ2v) is 6.10. The number of nitrogens with one attached hydrogen (secondary N) is 1. The molecule has 1 aliphatic carbocycles. The first kappa shape index (κ1) is 16.2. The van der Waals surface area contributed by atoms with Crippen molar-refractivity contribution in [2.24, 2.45) is 0 Å². The fourth-order valence-electron chi connectivity index (χ4n) is 3.12. The van der Waals surface area contributed by atoms with Gasteiger partial charge in [0.05, 0.1) is 12.7 Å². The fourth-order valence-corrected chi connectivity index (χ4v) is 3.12. The third-order valence-electron chi connectivity index (χ3n) is 4.44. The third-order valence-corrected chi connectivity index (χ3v) is 4.44. The molecule has 0 aromatic heterocycles. The van der Waals surface area contributed by atoms with Gasteiger partial charge in [0.25, 0.3) is 0 Å². The Labute approximate surface area is 126 Å². The quantitative estimate of drug-likeness (QED) is 0.816. The highest BCUT2D eigenvalue weighted by molar-refractivity contribution is 5.36. The molecule has 0 aliphatic heterocycles. The summed E-state index contributed by atoms with van der Waals surface area (Å²) in [5, 5.41) is 13.9. The predicted molar refractivity (Wildman–Crippen MR) is 82.0 cm³/mol. The number of methoxy groups -OCH3 is 1. The molecule has 1 unspecified atom stereocenters. The summed E-state index contributed by atoms with van der Waals surface area (Å²) in [6.07, 6.45) is 6.16. The highest BCUT2D eigenvalue weighted by atomic mass is 19.1. The number of rotatable bonds is 5. The minimum Gasteiger partial charge on any atom is -0.496 e. The van der Waals surface area contributed by atoms with Crippen LogP contribution in [0.15, 0.2) is 18.2 Å². The van der Waals surface area contributed by atoms with Crippen LogP contribution >= 0.6 is 0 Å². The van der Waals surface area contributed by atoms with E-state index in [9.17, 15) is 9.50 Å². The van der Waals surface area contributed by atoms with E-state index in [1.165, 1.54) is 18.9 Å². The van der Waals surface area contributed by atoms with Crippen molar-refractivity contribution >= 4 is 0 Å². The lowest BCUT2D eigenvalue weighted by atomic mass is 9.93. The Bertz CT molecular complexity index is 456. The van der Waals surface area contributed by atoms with Crippen LogP contribution in [0.25, 0.3) is 0 Å². The Kier molecular flexibility index (Phi) is 5.59. The van der Waals surface area contributed by atoms with Gasteiger partial charge < -0.3 is 15.2 Å². The van der Waals surface area contributed by atoms with Gasteiger partial charge in [0, 0.05) is 18.2 Å². The summed E-state index contributed by atoms with van der Waals surface area (Å²) in [6, 6.07) is 4.64. The molecule has 1 atom stereocenters. The zero-order valence-electron chi connectivity index (χ0n) is 13.0. The van der Waals surface area contributed by atoms with Crippen molar-refractivity contribution in [2.45, 2.75) is 57.1 Å². The minimum absolute atomic E-state index is 0.201. The van der Waals surface area contributed by atoms with E-state index in [0.29, 0.717) is 17.9 Å². The van der Waals surface area contributed by atoms with Crippen molar-refractivity contribution in [3.63, 3.8) is 0 Å². The lowest BCUT2D eigenvalue weighted by molar-refractivity contribution is 0.0230. The standard InChI is InChI=1S/C17H26FNO2/c1-13(16-14(18)8-7-9-15(16)21-2)19-12-17(20)10-5-3-4-6-11-17/h7-9,13,19-20H,3-6,10-12H2,1-2H3. The maximum absolute atomic E-state index is 14.0. The van der Waals surface area contributed by atoms with Crippen molar-refractivity contribution in [1.29, 1.82) is 0 Å². The molecule has 2 N–H and O–H groups in total. The normalized spacial score (nSPS) is 19.8. The van der Waals surface area contributed by atoms with Gasteiger partial charge in [0.2, 0.25) is 0 Å². The molecular weight excluding hydrogens is 269 g/mol. The molecule has 118 valence electrons. The van der Waals surface area contributed by atoms with Gasteiger partial charge in [-0.2, -0.15) is 0 Å². The molecular formula is C17H26FNO2. The SMILES string of the molecule is COc1cccc(F)c1C(C)NCC1(O)CCCCCC1. The Hall–Kier alpha value is -1.13. The van der Waals surface area contributed by atoms with Crippen LogP contribution in [0.5, 0.6) is 5.75 Å². The summed E-state index contributed by atoms with van der Waals surface area (Å²) in [6.45, 7) is 2.40. The van der Waals surface area contributed by atoms with E-state index in [2.05, 4.69) is 5.32 Å². The van der Waals surface area contributed by atoms with Crippen LogP contribution in [0.1, 0.15) is 57.1 Å². The van der Waals surface area contributed by atoms with Gasteiger partial charge in [0.15, 0.2) is 0 Å². The summed E-state index contributed by atoms with van der Waals surface area (Å²) in [5.74, 6) is 0.269. The lowest BCUT2D eigenvalue weighted by Crippen LogP contribution is -2.41. The number of hydrogen-bond acceptors (Lipinski definition) is 3. The van der Waals surface area contributed by atoms with E-state index < -0.39 is 5.60 Å². The largest absolute Gasteiger partial charge is 0.496 e. The Morgan fingerprint density at radius 2 is 1.95 bits per heavy atom. The first-order valence-corrected chi connectivity index (χ1v) is 7.84. The van der Waals surface area contributed by atoms with Crippen LogP contribution in [0.3, 0.4) is 0 Å². The first-order valence-electron chi connectivity index (χ1n) is 7.84. The van der Waals surface area contributed by atoms with Crippen molar-refractivity contribution in [1.82, 2.24) is 5.32 Å². The predicted octanol–water partition coefficient (Wildman–Crippen LogP) is 3.57. The van der Waals surface area contributed by atoms with Gasteiger partial charge in [-0.1, -0.05) is 31.7 Å². The van der Waals surface area contributed by atoms with Crippen molar-refractivity contribution < 1.29 is 14.2 Å². The number of ether oxygens (including phenoxy) is 1. The molecule has 3 nitrogen and oxygen atoms in total. The second-order valence-electron chi connectivity index (χ2n) is 6.10. The van der Waals surface area contributed by atoms with E-state index in [0.717, 1.165) is 25.7 Å². The third kappa shape index (κ3) is 4.17. The van der Waals surface area contributed by atoms with Gasteiger partial charge in [0.1, 0.15) is 11.6 Å². The topological polar surface area (TPSA) is 41.5 Å². The van der Waals surface area contributed by atoms with Crippen LogP contribution in [0.2, 0.25) is 0 Å². The van der Waals surface area contributed by atoms with Crippen LogP contribution < -0.4 is 10.1 Å². The van der Waals surface area contributed by atoms with Gasteiger partial charge in [-0.05, 0) is 31.9 Å². The molecule has 0 amide bonds. The molecule has 0 radical (unpaired) electrons. The maximum Gasteiger partial charge on any atom is 0.131 e. The fraction of sp³-hybridized carbons (Fsp3) is 0.647. The molecule has 21 heavy (non-hydrogen) atoms. The van der Waals surface area contributed by atoms with E-state index >= 15 is 0 Å². The van der Waals surface area contributed by atoms with E-state index in [1.807, 2.05) is 6.92 Å². The zero-order valence-corrected chi connectivity index (χ0v) is 13.0. The summed E-state index contributed by atoms with van der Waals surface area (Å²) < 4.78 is 19.3. The molecule has 1 saturated carbocycles. The molecule has 0 heterocycles. The zero-order chi connectivity index (χ0) is 15.3. The second kappa shape index (κ2) is 7.23. The van der Waals surface area contributed by atoms with Gasteiger partial charge in [-0.25, -0.2) is 4.39 Å². The molecule has 1 fully saturated rings. The highest BCUT2D eigenvalue weighted by Crippen LogP contribution is 2.30. The lowest BCUT2D eigenvalue weighted by Gasteiger charge is -2.29.